The lowest BCUT2D eigenvalue weighted by molar-refractivity contribution is 0.102. The summed E-state index contributed by atoms with van der Waals surface area (Å²) in [6.07, 6.45) is 1.50. The number of anilines is 3. The number of hydrogen-bond acceptors (Lipinski definition) is 4. The summed E-state index contributed by atoms with van der Waals surface area (Å²) in [7, 11) is 0. The fourth-order valence-electron chi connectivity index (χ4n) is 2.48. The van der Waals surface area contributed by atoms with Crippen LogP contribution < -0.4 is 10.6 Å². The summed E-state index contributed by atoms with van der Waals surface area (Å²) in [6.45, 7) is 4.00. The predicted octanol–water partition coefficient (Wildman–Crippen LogP) is 4.23. The van der Waals surface area contributed by atoms with Gasteiger partial charge in [0.25, 0.3) is 5.91 Å². The Morgan fingerprint density at radius 3 is 2.48 bits per heavy atom. The van der Waals surface area contributed by atoms with Crippen molar-refractivity contribution in [2.24, 2.45) is 0 Å². The molecule has 0 unspecified atom stereocenters. The predicted molar refractivity (Wildman–Crippen MR) is 95.6 cm³/mol. The van der Waals surface area contributed by atoms with Gasteiger partial charge < -0.3 is 10.6 Å². The van der Waals surface area contributed by atoms with Gasteiger partial charge in [-0.3, -0.25) is 4.79 Å². The van der Waals surface area contributed by atoms with E-state index in [2.05, 4.69) is 26.7 Å². The second kappa shape index (κ2) is 7.09. The molecule has 0 radical (unpaired) electrons. The largest absolute Gasteiger partial charge is 0.324 e. The molecule has 0 aliphatic carbocycles. The van der Waals surface area contributed by atoms with Crippen LogP contribution in [0.5, 0.6) is 0 Å². The summed E-state index contributed by atoms with van der Waals surface area (Å²) in [4.78, 5) is 20.6. The number of halogens is 1. The summed E-state index contributed by atoms with van der Waals surface area (Å²) in [5.74, 6) is -0.536. The molecule has 0 fully saturated rings. The van der Waals surface area contributed by atoms with Crippen LogP contribution in [-0.2, 0) is 0 Å². The van der Waals surface area contributed by atoms with Gasteiger partial charge in [-0.2, -0.15) is 0 Å². The van der Waals surface area contributed by atoms with Gasteiger partial charge in [0, 0.05) is 17.6 Å². The maximum absolute atomic E-state index is 13.2. The molecule has 6 heteroatoms. The Kier molecular flexibility index (Phi) is 4.70. The third-order valence-electron chi connectivity index (χ3n) is 3.45. The number of aromatic nitrogens is 2. The Morgan fingerprint density at radius 1 is 1.00 bits per heavy atom. The highest BCUT2D eigenvalue weighted by molar-refractivity contribution is 6.02. The van der Waals surface area contributed by atoms with Crippen molar-refractivity contribution in [3.05, 3.63) is 77.4 Å². The molecule has 126 valence electrons. The van der Waals surface area contributed by atoms with Crippen molar-refractivity contribution in [3.63, 3.8) is 0 Å². The second-order valence-corrected chi connectivity index (χ2v) is 5.73. The fourth-order valence-corrected chi connectivity index (χ4v) is 2.48. The smallest absolute Gasteiger partial charge is 0.274 e. The van der Waals surface area contributed by atoms with E-state index in [1.807, 2.05) is 26.0 Å². The molecule has 1 amide bonds. The first kappa shape index (κ1) is 16.6. The van der Waals surface area contributed by atoms with Gasteiger partial charge in [-0.15, -0.1) is 0 Å². The lowest BCUT2D eigenvalue weighted by Gasteiger charge is -2.09. The number of aryl methyl sites for hydroxylation is 2. The second-order valence-electron chi connectivity index (χ2n) is 5.73. The van der Waals surface area contributed by atoms with Gasteiger partial charge in [-0.05, 0) is 61.4 Å². The number of carbonyl (C=O) groups is 1. The number of carbonyl (C=O) groups excluding carboxylic acids is 1. The summed E-state index contributed by atoms with van der Waals surface area (Å²) in [6, 6.07) is 13.2. The fraction of sp³-hybridized carbons (Fsp3) is 0.105. The Morgan fingerprint density at radius 2 is 1.76 bits per heavy atom. The summed E-state index contributed by atoms with van der Waals surface area (Å²) < 4.78 is 13.2. The van der Waals surface area contributed by atoms with Crippen molar-refractivity contribution < 1.29 is 9.18 Å². The third-order valence-corrected chi connectivity index (χ3v) is 3.45. The molecular formula is C19H17FN4O. The molecule has 0 saturated carbocycles. The lowest BCUT2D eigenvalue weighted by Crippen LogP contribution is -2.14. The van der Waals surface area contributed by atoms with Crippen LogP contribution in [-0.4, -0.2) is 15.9 Å². The van der Waals surface area contributed by atoms with Gasteiger partial charge in [-0.1, -0.05) is 12.1 Å². The van der Waals surface area contributed by atoms with Crippen molar-refractivity contribution in [2.75, 3.05) is 10.6 Å². The minimum atomic E-state index is -0.434. The molecular weight excluding hydrogens is 319 g/mol. The molecule has 0 atom stereocenters. The normalized spacial score (nSPS) is 10.4. The van der Waals surface area contributed by atoms with Crippen LogP contribution in [0.4, 0.5) is 21.7 Å². The zero-order valence-electron chi connectivity index (χ0n) is 13.9. The zero-order chi connectivity index (χ0) is 17.8. The molecule has 0 aliphatic rings. The number of amides is 1. The number of nitrogens with zero attached hydrogens (tertiary/aromatic N) is 2. The van der Waals surface area contributed by atoms with Crippen LogP contribution in [0.1, 0.15) is 21.6 Å². The summed E-state index contributed by atoms with van der Waals surface area (Å²) in [5, 5.41) is 5.70. The van der Waals surface area contributed by atoms with Gasteiger partial charge in [0.15, 0.2) is 0 Å². The highest BCUT2D eigenvalue weighted by Gasteiger charge is 2.10. The van der Waals surface area contributed by atoms with Crippen LogP contribution in [0.15, 0.2) is 54.7 Å². The standard InChI is InChI=1S/C19H17FN4O/c1-12-8-13(2)10-16(9-12)23-19-21-7-6-17(24-19)18(25)22-15-5-3-4-14(20)11-15/h3-11H,1-2H3,(H,22,25)(H,21,23,24). The molecule has 2 N–H and O–H groups in total. The van der Waals surface area contributed by atoms with Crippen molar-refractivity contribution in [2.45, 2.75) is 13.8 Å². The molecule has 1 heterocycles. The first-order chi connectivity index (χ1) is 12.0. The first-order valence-corrected chi connectivity index (χ1v) is 7.75. The van der Waals surface area contributed by atoms with E-state index in [-0.39, 0.29) is 5.69 Å². The van der Waals surface area contributed by atoms with Crippen molar-refractivity contribution in [3.8, 4) is 0 Å². The molecule has 25 heavy (non-hydrogen) atoms. The van der Waals surface area contributed by atoms with E-state index in [1.54, 1.807) is 6.07 Å². The number of rotatable bonds is 4. The molecule has 1 aromatic heterocycles. The Balaban J connectivity index is 1.77. The molecule has 2 aromatic carbocycles. The van der Waals surface area contributed by atoms with E-state index < -0.39 is 11.7 Å². The Labute approximate surface area is 145 Å². The quantitative estimate of drug-likeness (QED) is 0.748. The number of benzene rings is 2. The minimum Gasteiger partial charge on any atom is -0.324 e. The average molecular weight is 336 g/mol. The SMILES string of the molecule is Cc1cc(C)cc(Nc2nccc(C(=O)Nc3cccc(F)c3)n2)c1. The molecule has 0 aliphatic heterocycles. The van der Waals surface area contributed by atoms with Gasteiger partial charge in [0.1, 0.15) is 11.5 Å². The molecule has 0 bridgehead atoms. The van der Waals surface area contributed by atoms with E-state index in [4.69, 9.17) is 0 Å². The zero-order valence-corrected chi connectivity index (χ0v) is 13.9. The molecule has 5 nitrogen and oxygen atoms in total. The number of hydrogen-bond donors (Lipinski definition) is 2. The maximum Gasteiger partial charge on any atom is 0.274 e. The van der Waals surface area contributed by atoms with Crippen LogP contribution >= 0.6 is 0 Å². The molecule has 3 aromatic rings. The maximum atomic E-state index is 13.2. The Hall–Kier alpha value is -3.28. The third kappa shape index (κ3) is 4.38. The Bertz CT molecular complexity index is 907. The molecule has 0 spiro atoms. The van der Waals surface area contributed by atoms with Crippen LogP contribution in [0, 0.1) is 19.7 Å². The van der Waals surface area contributed by atoms with Crippen LogP contribution in [0.3, 0.4) is 0 Å². The van der Waals surface area contributed by atoms with Crippen LogP contribution in [0.25, 0.3) is 0 Å². The monoisotopic (exact) mass is 336 g/mol. The van der Waals surface area contributed by atoms with Crippen molar-refractivity contribution in [1.82, 2.24) is 9.97 Å². The van der Waals surface area contributed by atoms with Crippen molar-refractivity contribution >= 4 is 23.2 Å². The minimum absolute atomic E-state index is 0.186. The lowest BCUT2D eigenvalue weighted by atomic mass is 10.1. The average Bonchev–Trinajstić information content (AvgIpc) is 2.54. The van der Waals surface area contributed by atoms with Gasteiger partial charge in [0.05, 0.1) is 0 Å². The van der Waals surface area contributed by atoms with E-state index in [1.165, 1.54) is 30.5 Å². The topological polar surface area (TPSA) is 66.9 Å². The highest BCUT2D eigenvalue weighted by atomic mass is 19.1. The van der Waals surface area contributed by atoms with Crippen LogP contribution in [0.2, 0.25) is 0 Å². The van der Waals surface area contributed by atoms with Gasteiger partial charge in [-0.25, -0.2) is 14.4 Å². The van der Waals surface area contributed by atoms with E-state index >= 15 is 0 Å². The van der Waals surface area contributed by atoms with E-state index in [9.17, 15) is 9.18 Å². The molecule has 0 saturated heterocycles. The van der Waals surface area contributed by atoms with Crippen molar-refractivity contribution in [1.29, 1.82) is 0 Å². The molecule has 3 rings (SSSR count). The van der Waals surface area contributed by atoms with E-state index in [0.717, 1.165) is 16.8 Å². The summed E-state index contributed by atoms with van der Waals surface area (Å²) >= 11 is 0. The van der Waals surface area contributed by atoms with Gasteiger partial charge >= 0.3 is 0 Å². The van der Waals surface area contributed by atoms with E-state index in [0.29, 0.717) is 11.6 Å². The first-order valence-electron chi connectivity index (χ1n) is 7.75. The highest BCUT2D eigenvalue weighted by Crippen LogP contribution is 2.17. The van der Waals surface area contributed by atoms with Gasteiger partial charge in [0.2, 0.25) is 5.95 Å². The summed E-state index contributed by atoms with van der Waals surface area (Å²) in [5.41, 5.74) is 3.63. The number of nitrogens with one attached hydrogen (secondary N) is 2.